The summed E-state index contributed by atoms with van der Waals surface area (Å²) < 4.78 is 5.93. The molecule has 4 heteroatoms. The van der Waals surface area contributed by atoms with Crippen molar-refractivity contribution in [3.63, 3.8) is 0 Å². The molecule has 1 aliphatic rings. The second kappa shape index (κ2) is 8.41. The van der Waals surface area contributed by atoms with Gasteiger partial charge in [-0.3, -0.25) is 4.79 Å². The highest BCUT2D eigenvalue weighted by Gasteiger charge is 2.28. The molecular weight excluding hydrogens is 314 g/mol. The first kappa shape index (κ1) is 17.8. The van der Waals surface area contributed by atoms with E-state index in [9.17, 15) is 4.79 Å². The van der Waals surface area contributed by atoms with Gasteiger partial charge in [0, 0.05) is 22.5 Å². The van der Waals surface area contributed by atoms with Crippen LogP contribution in [0.3, 0.4) is 0 Å². The third-order valence-corrected chi connectivity index (χ3v) is 5.25. The van der Waals surface area contributed by atoms with Crippen molar-refractivity contribution in [3.05, 3.63) is 29.5 Å². The monoisotopic (exact) mass is 343 g/mol. The predicted octanol–water partition coefficient (Wildman–Crippen LogP) is 5.41. The maximum Gasteiger partial charge on any atom is 0.304 e. The van der Waals surface area contributed by atoms with E-state index in [2.05, 4.69) is 24.0 Å². The van der Waals surface area contributed by atoms with Crippen molar-refractivity contribution in [3.8, 4) is 5.75 Å². The molecule has 136 valence electrons. The van der Waals surface area contributed by atoms with Crippen LogP contribution in [0.25, 0.3) is 10.9 Å². The van der Waals surface area contributed by atoms with Crippen molar-refractivity contribution >= 4 is 16.9 Å². The molecule has 2 aromatic rings. The first-order valence-electron chi connectivity index (χ1n) is 9.68. The molecule has 25 heavy (non-hydrogen) atoms. The fourth-order valence-corrected chi connectivity index (χ4v) is 3.91. The molecule has 0 amide bonds. The van der Waals surface area contributed by atoms with Crippen molar-refractivity contribution in [2.24, 2.45) is 0 Å². The van der Waals surface area contributed by atoms with E-state index in [1.807, 2.05) is 6.07 Å². The Hall–Kier alpha value is -1.97. The number of aromatic nitrogens is 1. The number of H-pyrrole nitrogens is 1. The molecule has 0 fully saturated rings. The summed E-state index contributed by atoms with van der Waals surface area (Å²) in [4.78, 5) is 14.5. The average molecular weight is 343 g/mol. The third kappa shape index (κ3) is 4.36. The number of fused-ring (bicyclic) bond motifs is 3. The van der Waals surface area contributed by atoms with Crippen LogP contribution in [0.1, 0.15) is 75.5 Å². The molecule has 0 aliphatic heterocycles. The van der Waals surface area contributed by atoms with Crippen LogP contribution < -0.4 is 4.74 Å². The summed E-state index contributed by atoms with van der Waals surface area (Å²) in [6.45, 7) is 3.01. The Labute approximate surface area is 149 Å². The maximum atomic E-state index is 11.0. The van der Waals surface area contributed by atoms with E-state index in [0.717, 1.165) is 42.8 Å². The van der Waals surface area contributed by atoms with Crippen molar-refractivity contribution < 1.29 is 14.6 Å². The molecule has 0 saturated carbocycles. The minimum absolute atomic E-state index is 0.118. The molecule has 1 aliphatic carbocycles. The number of aryl methyl sites for hydroxylation is 1. The Morgan fingerprint density at radius 1 is 1.24 bits per heavy atom. The van der Waals surface area contributed by atoms with Gasteiger partial charge in [-0.1, -0.05) is 39.0 Å². The van der Waals surface area contributed by atoms with Crippen LogP contribution in [0.5, 0.6) is 5.75 Å². The van der Waals surface area contributed by atoms with Crippen molar-refractivity contribution in [2.45, 2.75) is 70.6 Å². The zero-order valence-electron chi connectivity index (χ0n) is 15.1. The summed E-state index contributed by atoms with van der Waals surface area (Å²) in [6.07, 6.45) is 9.67. The van der Waals surface area contributed by atoms with Crippen LogP contribution in [0.4, 0.5) is 0 Å². The van der Waals surface area contributed by atoms with Crippen LogP contribution in [0.2, 0.25) is 0 Å². The van der Waals surface area contributed by atoms with Gasteiger partial charge < -0.3 is 14.8 Å². The van der Waals surface area contributed by atoms with E-state index in [4.69, 9.17) is 9.84 Å². The third-order valence-electron chi connectivity index (χ3n) is 5.25. The van der Waals surface area contributed by atoms with Crippen LogP contribution in [-0.4, -0.2) is 22.7 Å². The smallest absolute Gasteiger partial charge is 0.304 e. The minimum Gasteiger partial charge on any atom is -0.494 e. The van der Waals surface area contributed by atoms with Gasteiger partial charge in [-0.25, -0.2) is 0 Å². The highest BCUT2D eigenvalue weighted by Crippen LogP contribution is 2.40. The second-order valence-electron chi connectivity index (χ2n) is 7.17. The SMILES string of the molecule is CCCCCCCCOc1ccc2[nH]c3c(c2c1)CCC3CC(=O)O. The summed E-state index contributed by atoms with van der Waals surface area (Å²) in [5, 5.41) is 10.3. The molecule has 1 unspecified atom stereocenters. The zero-order chi connectivity index (χ0) is 17.6. The molecule has 0 bridgehead atoms. The Morgan fingerprint density at radius 2 is 2.04 bits per heavy atom. The van der Waals surface area contributed by atoms with Gasteiger partial charge in [0.25, 0.3) is 0 Å². The van der Waals surface area contributed by atoms with Gasteiger partial charge in [-0.15, -0.1) is 0 Å². The molecule has 3 rings (SSSR count). The molecule has 1 atom stereocenters. The fourth-order valence-electron chi connectivity index (χ4n) is 3.91. The Balaban J connectivity index is 1.58. The van der Waals surface area contributed by atoms with E-state index in [1.165, 1.54) is 43.1 Å². The van der Waals surface area contributed by atoms with E-state index in [1.54, 1.807) is 0 Å². The van der Waals surface area contributed by atoms with Gasteiger partial charge in [0.05, 0.1) is 13.0 Å². The molecule has 0 spiro atoms. The molecule has 1 heterocycles. The number of carboxylic acids is 1. The normalized spacial score (nSPS) is 16.3. The fraction of sp³-hybridized carbons (Fsp3) is 0.571. The topological polar surface area (TPSA) is 62.3 Å². The van der Waals surface area contributed by atoms with Gasteiger partial charge in [-0.2, -0.15) is 0 Å². The van der Waals surface area contributed by atoms with Gasteiger partial charge in [-0.05, 0) is 43.0 Å². The largest absolute Gasteiger partial charge is 0.494 e. The number of hydrogen-bond donors (Lipinski definition) is 2. The molecule has 1 aromatic carbocycles. The molecular formula is C21H29NO3. The lowest BCUT2D eigenvalue weighted by molar-refractivity contribution is -0.137. The minimum atomic E-state index is -0.723. The number of benzene rings is 1. The van der Waals surface area contributed by atoms with Crippen molar-refractivity contribution in [2.75, 3.05) is 6.61 Å². The standard InChI is InChI=1S/C21H29NO3/c1-2-3-4-5-6-7-12-25-16-9-11-19-18(14-16)17-10-8-15(13-20(23)24)21(17)22-19/h9,11,14-15,22H,2-8,10,12-13H2,1H3,(H,23,24). The van der Waals surface area contributed by atoms with E-state index >= 15 is 0 Å². The number of rotatable bonds is 10. The molecule has 0 radical (unpaired) electrons. The number of carboxylic acid groups (broad SMARTS) is 1. The van der Waals surface area contributed by atoms with E-state index < -0.39 is 5.97 Å². The first-order valence-corrected chi connectivity index (χ1v) is 9.68. The predicted molar refractivity (Wildman–Crippen MR) is 100 cm³/mol. The number of aliphatic carboxylic acids is 1. The Kier molecular flexibility index (Phi) is 6.00. The van der Waals surface area contributed by atoms with Gasteiger partial charge in [0.1, 0.15) is 5.75 Å². The number of unbranched alkanes of at least 4 members (excludes halogenated alkanes) is 5. The van der Waals surface area contributed by atoms with E-state index in [-0.39, 0.29) is 12.3 Å². The summed E-state index contributed by atoms with van der Waals surface area (Å²) in [5.74, 6) is 0.316. The lowest BCUT2D eigenvalue weighted by Gasteiger charge is -2.07. The Morgan fingerprint density at radius 3 is 2.84 bits per heavy atom. The van der Waals surface area contributed by atoms with Gasteiger partial charge in [0.15, 0.2) is 0 Å². The number of nitrogens with one attached hydrogen (secondary N) is 1. The van der Waals surface area contributed by atoms with Crippen LogP contribution in [-0.2, 0) is 11.2 Å². The number of ether oxygens (including phenoxy) is 1. The highest BCUT2D eigenvalue weighted by atomic mass is 16.5. The Bertz CT molecular complexity index is 719. The van der Waals surface area contributed by atoms with E-state index in [0.29, 0.717) is 0 Å². The second-order valence-corrected chi connectivity index (χ2v) is 7.17. The van der Waals surface area contributed by atoms with Gasteiger partial charge in [0.2, 0.25) is 0 Å². The van der Waals surface area contributed by atoms with Crippen LogP contribution >= 0.6 is 0 Å². The summed E-state index contributed by atoms with van der Waals surface area (Å²) >= 11 is 0. The molecule has 1 aromatic heterocycles. The molecule has 2 N–H and O–H groups in total. The lowest BCUT2D eigenvalue weighted by atomic mass is 10.0. The summed E-state index contributed by atoms with van der Waals surface area (Å²) in [6, 6.07) is 6.18. The van der Waals surface area contributed by atoms with Gasteiger partial charge >= 0.3 is 5.97 Å². The quantitative estimate of drug-likeness (QED) is 0.567. The summed E-state index contributed by atoms with van der Waals surface area (Å²) in [5.41, 5.74) is 3.49. The maximum absolute atomic E-state index is 11.0. The van der Waals surface area contributed by atoms with Crippen LogP contribution in [0, 0.1) is 0 Å². The number of hydrogen-bond acceptors (Lipinski definition) is 2. The summed E-state index contributed by atoms with van der Waals surface area (Å²) in [7, 11) is 0. The van der Waals surface area contributed by atoms with Crippen molar-refractivity contribution in [1.29, 1.82) is 0 Å². The number of aromatic amines is 1. The van der Waals surface area contributed by atoms with Crippen molar-refractivity contribution in [1.82, 2.24) is 4.98 Å². The number of carbonyl (C=O) groups is 1. The average Bonchev–Trinajstić information content (AvgIpc) is 3.13. The zero-order valence-corrected chi connectivity index (χ0v) is 15.1. The van der Waals surface area contributed by atoms with Crippen LogP contribution in [0.15, 0.2) is 18.2 Å². The first-order chi connectivity index (χ1) is 12.2. The molecule has 4 nitrogen and oxygen atoms in total. The molecule has 0 saturated heterocycles. The lowest BCUT2D eigenvalue weighted by Crippen LogP contribution is -2.03. The highest BCUT2D eigenvalue weighted by molar-refractivity contribution is 5.87.